The van der Waals surface area contributed by atoms with Crippen molar-refractivity contribution in [3.8, 4) is 22.6 Å². The van der Waals surface area contributed by atoms with E-state index in [1.54, 1.807) is 0 Å². The van der Waals surface area contributed by atoms with Crippen LogP contribution in [-0.2, 0) is 4.79 Å². The molecule has 0 fully saturated rings. The number of hydrogen-bond donors (Lipinski definition) is 1. The molecule has 23 heavy (non-hydrogen) atoms. The molecule has 0 bridgehead atoms. The van der Waals surface area contributed by atoms with Gasteiger partial charge in [-0.2, -0.15) is 0 Å². The lowest BCUT2D eigenvalue weighted by atomic mass is 10.1. The maximum Gasteiger partial charge on any atom is 0.314 e. The van der Waals surface area contributed by atoms with Crippen LogP contribution < -0.4 is 0 Å². The molecule has 6 heteroatoms. The van der Waals surface area contributed by atoms with Crippen molar-refractivity contribution in [3.05, 3.63) is 59.1 Å². The predicted octanol–water partition coefficient (Wildman–Crippen LogP) is 4.95. The summed E-state index contributed by atoms with van der Waals surface area (Å²) >= 11 is 4.48. The Morgan fingerprint density at radius 1 is 1.09 bits per heavy atom. The second kappa shape index (κ2) is 7.02. The maximum atomic E-state index is 10.7. The summed E-state index contributed by atoms with van der Waals surface area (Å²) in [6, 6.07) is 17.4. The van der Waals surface area contributed by atoms with Crippen LogP contribution in [0.5, 0.6) is 0 Å². The minimum absolute atomic E-state index is 0.0888. The number of carbonyl (C=O) groups is 1. The molecular weight excluding hydrogens is 378 g/mol. The van der Waals surface area contributed by atoms with Crippen LogP contribution in [0.3, 0.4) is 0 Å². The minimum Gasteiger partial charge on any atom is -0.481 e. The average Bonchev–Trinajstić information content (AvgIpc) is 2.99. The molecule has 116 valence electrons. The van der Waals surface area contributed by atoms with Crippen LogP contribution in [0.2, 0.25) is 0 Å². The van der Waals surface area contributed by atoms with Crippen molar-refractivity contribution in [1.29, 1.82) is 0 Å². The van der Waals surface area contributed by atoms with Gasteiger partial charge in [0.1, 0.15) is 11.4 Å². The Morgan fingerprint density at radius 2 is 1.78 bits per heavy atom. The fourth-order valence-corrected chi connectivity index (χ4v) is 2.88. The van der Waals surface area contributed by atoms with Crippen molar-refractivity contribution >= 4 is 33.7 Å². The quantitative estimate of drug-likeness (QED) is 0.625. The van der Waals surface area contributed by atoms with Gasteiger partial charge in [0.15, 0.2) is 5.76 Å². The van der Waals surface area contributed by atoms with Gasteiger partial charge >= 0.3 is 5.97 Å². The van der Waals surface area contributed by atoms with Crippen LogP contribution >= 0.6 is 27.7 Å². The first kappa shape index (κ1) is 15.8. The standard InChI is InChI=1S/C17H12BrNO3S/c18-13-8-6-11(7-9-13)15-16(12-4-2-1-3-5-12)22-17(19-15)23-10-14(20)21/h1-9H,10H2,(H,20,21). The normalized spacial score (nSPS) is 10.7. The molecule has 3 rings (SSSR count). The number of nitrogens with zero attached hydrogens (tertiary/aromatic N) is 1. The number of benzene rings is 2. The van der Waals surface area contributed by atoms with Crippen molar-refractivity contribution in [2.75, 3.05) is 5.75 Å². The summed E-state index contributed by atoms with van der Waals surface area (Å²) in [6.07, 6.45) is 0. The number of aliphatic carboxylic acids is 1. The Labute approximate surface area is 145 Å². The molecule has 0 atom stereocenters. The molecule has 2 aromatic carbocycles. The molecule has 3 aromatic rings. The smallest absolute Gasteiger partial charge is 0.314 e. The van der Waals surface area contributed by atoms with Crippen molar-refractivity contribution < 1.29 is 14.3 Å². The number of thioether (sulfide) groups is 1. The van der Waals surface area contributed by atoms with Crippen LogP contribution in [0.15, 0.2) is 68.7 Å². The van der Waals surface area contributed by atoms with Gasteiger partial charge in [-0.1, -0.05) is 70.2 Å². The molecule has 0 aliphatic carbocycles. The van der Waals surface area contributed by atoms with E-state index in [0.29, 0.717) is 16.7 Å². The predicted molar refractivity (Wildman–Crippen MR) is 93.4 cm³/mol. The van der Waals surface area contributed by atoms with E-state index in [-0.39, 0.29) is 5.75 Å². The highest BCUT2D eigenvalue weighted by Gasteiger charge is 2.17. The van der Waals surface area contributed by atoms with Gasteiger partial charge in [-0.15, -0.1) is 0 Å². The van der Waals surface area contributed by atoms with Gasteiger partial charge in [-0.3, -0.25) is 4.79 Å². The zero-order valence-electron chi connectivity index (χ0n) is 11.9. The monoisotopic (exact) mass is 389 g/mol. The Morgan fingerprint density at radius 3 is 2.43 bits per heavy atom. The van der Waals surface area contributed by atoms with E-state index in [1.807, 2.05) is 54.6 Å². The SMILES string of the molecule is O=C(O)CSc1nc(-c2ccc(Br)cc2)c(-c2ccccc2)o1. The number of oxazole rings is 1. The summed E-state index contributed by atoms with van der Waals surface area (Å²) in [6.45, 7) is 0. The fourth-order valence-electron chi connectivity index (χ4n) is 2.07. The van der Waals surface area contributed by atoms with E-state index in [0.717, 1.165) is 27.4 Å². The summed E-state index contributed by atoms with van der Waals surface area (Å²) in [5.41, 5.74) is 2.52. The van der Waals surface area contributed by atoms with Crippen LogP contribution in [-0.4, -0.2) is 21.8 Å². The Kier molecular flexibility index (Phi) is 4.83. The maximum absolute atomic E-state index is 10.7. The highest BCUT2D eigenvalue weighted by molar-refractivity contribution is 9.10. The van der Waals surface area contributed by atoms with Crippen LogP contribution in [0.4, 0.5) is 0 Å². The first-order valence-electron chi connectivity index (χ1n) is 6.80. The number of aromatic nitrogens is 1. The lowest BCUT2D eigenvalue weighted by Gasteiger charge is -2.01. The van der Waals surface area contributed by atoms with Gasteiger partial charge in [0.25, 0.3) is 5.22 Å². The molecule has 0 unspecified atom stereocenters. The molecular formula is C17H12BrNO3S. The number of carboxylic acids is 1. The summed E-state index contributed by atoms with van der Waals surface area (Å²) < 4.78 is 6.79. The largest absolute Gasteiger partial charge is 0.481 e. The Hall–Kier alpha value is -2.05. The molecule has 0 amide bonds. The van der Waals surface area contributed by atoms with Crippen molar-refractivity contribution in [3.63, 3.8) is 0 Å². The van der Waals surface area contributed by atoms with Gasteiger partial charge in [0, 0.05) is 15.6 Å². The van der Waals surface area contributed by atoms with Crippen LogP contribution in [0.1, 0.15) is 0 Å². The molecule has 0 spiro atoms. The lowest BCUT2D eigenvalue weighted by Crippen LogP contribution is -1.97. The topological polar surface area (TPSA) is 63.3 Å². The molecule has 1 heterocycles. The van der Waals surface area contributed by atoms with Crippen molar-refractivity contribution in [1.82, 2.24) is 4.98 Å². The van der Waals surface area contributed by atoms with E-state index >= 15 is 0 Å². The lowest BCUT2D eigenvalue weighted by molar-refractivity contribution is -0.133. The number of carboxylic acid groups (broad SMARTS) is 1. The summed E-state index contributed by atoms with van der Waals surface area (Å²) in [7, 11) is 0. The summed E-state index contributed by atoms with van der Waals surface area (Å²) in [4.78, 5) is 15.2. The zero-order chi connectivity index (χ0) is 16.2. The number of halogens is 1. The molecule has 0 radical (unpaired) electrons. The van der Waals surface area contributed by atoms with E-state index in [2.05, 4.69) is 20.9 Å². The fraction of sp³-hybridized carbons (Fsp3) is 0.0588. The Balaban J connectivity index is 2.05. The number of hydrogen-bond acceptors (Lipinski definition) is 4. The first-order valence-corrected chi connectivity index (χ1v) is 8.58. The van der Waals surface area contributed by atoms with E-state index < -0.39 is 5.97 Å². The van der Waals surface area contributed by atoms with E-state index in [9.17, 15) is 4.79 Å². The molecule has 1 aromatic heterocycles. The first-order chi connectivity index (χ1) is 11.1. The van der Waals surface area contributed by atoms with E-state index in [1.165, 1.54) is 0 Å². The summed E-state index contributed by atoms with van der Waals surface area (Å²) in [5, 5.41) is 9.17. The Bertz CT molecular complexity index is 816. The third-order valence-corrected chi connectivity index (χ3v) is 4.42. The zero-order valence-corrected chi connectivity index (χ0v) is 14.3. The molecule has 0 saturated heterocycles. The van der Waals surface area contributed by atoms with Crippen molar-refractivity contribution in [2.45, 2.75) is 5.22 Å². The van der Waals surface area contributed by atoms with Gasteiger partial charge in [-0.25, -0.2) is 4.98 Å². The van der Waals surface area contributed by atoms with Gasteiger partial charge in [0.2, 0.25) is 0 Å². The molecule has 0 aliphatic heterocycles. The third kappa shape index (κ3) is 3.83. The molecule has 4 nitrogen and oxygen atoms in total. The molecule has 0 aliphatic rings. The van der Waals surface area contributed by atoms with Gasteiger partial charge in [0.05, 0.1) is 0 Å². The summed E-state index contributed by atoms with van der Waals surface area (Å²) in [5.74, 6) is -0.352. The second-order valence-electron chi connectivity index (χ2n) is 4.71. The van der Waals surface area contributed by atoms with Gasteiger partial charge in [-0.05, 0) is 12.1 Å². The molecule has 1 N–H and O–H groups in total. The van der Waals surface area contributed by atoms with Crippen LogP contribution in [0, 0.1) is 0 Å². The average molecular weight is 390 g/mol. The highest BCUT2D eigenvalue weighted by atomic mass is 79.9. The van der Waals surface area contributed by atoms with E-state index in [4.69, 9.17) is 9.52 Å². The van der Waals surface area contributed by atoms with Crippen LogP contribution in [0.25, 0.3) is 22.6 Å². The highest BCUT2D eigenvalue weighted by Crippen LogP contribution is 2.35. The van der Waals surface area contributed by atoms with Gasteiger partial charge < -0.3 is 9.52 Å². The second-order valence-corrected chi connectivity index (χ2v) is 6.56. The molecule has 0 saturated carbocycles. The minimum atomic E-state index is -0.903. The third-order valence-electron chi connectivity index (χ3n) is 3.08. The van der Waals surface area contributed by atoms with Crippen molar-refractivity contribution in [2.24, 2.45) is 0 Å². The number of rotatable bonds is 5.